The van der Waals surface area contributed by atoms with E-state index in [4.69, 9.17) is 28.1 Å². The molecule has 2 aliphatic rings. The molecule has 1 amide bonds. The summed E-state index contributed by atoms with van der Waals surface area (Å²) < 4.78 is 34.2. The van der Waals surface area contributed by atoms with Crippen molar-refractivity contribution in [1.82, 2.24) is 0 Å². The Morgan fingerprint density at radius 2 is 1.67 bits per heavy atom. The summed E-state index contributed by atoms with van der Waals surface area (Å²) in [4.78, 5) is 38.4. The molecular formula is C33H31NO9. The second-order valence-corrected chi connectivity index (χ2v) is 11.1. The van der Waals surface area contributed by atoms with Crippen molar-refractivity contribution in [3.8, 4) is 16.9 Å². The number of ether oxygens (including phenoxy) is 5. The molecule has 1 aromatic heterocycles. The highest BCUT2D eigenvalue weighted by Crippen LogP contribution is 2.45. The minimum atomic E-state index is -0.813. The minimum Gasteiger partial charge on any atom is -0.496 e. The Hall–Kier alpha value is -4.67. The fourth-order valence-corrected chi connectivity index (χ4v) is 5.99. The van der Waals surface area contributed by atoms with Gasteiger partial charge < -0.3 is 33.4 Å². The Balaban J connectivity index is 1.31. The molecule has 10 heteroatoms. The zero-order valence-electron chi connectivity index (χ0n) is 24.3. The maximum atomic E-state index is 13.2. The first-order valence-corrected chi connectivity index (χ1v) is 13.8. The van der Waals surface area contributed by atoms with Gasteiger partial charge in [0.05, 0.1) is 12.7 Å². The van der Waals surface area contributed by atoms with Gasteiger partial charge in [0.25, 0.3) is 5.91 Å². The Morgan fingerprint density at radius 1 is 0.930 bits per heavy atom. The number of anilines is 1. The van der Waals surface area contributed by atoms with Gasteiger partial charge in [0.1, 0.15) is 29.2 Å². The molecule has 2 fully saturated rings. The summed E-state index contributed by atoms with van der Waals surface area (Å²) in [6.45, 7) is 5.51. The van der Waals surface area contributed by atoms with Crippen LogP contribution >= 0.6 is 0 Å². The molecule has 0 radical (unpaired) electrons. The molecular weight excluding hydrogens is 554 g/mol. The van der Waals surface area contributed by atoms with Crippen molar-refractivity contribution in [2.24, 2.45) is 0 Å². The number of carbonyl (C=O) groups excluding carboxylic acids is 2. The van der Waals surface area contributed by atoms with E-state index in [0.29, 0.717) is 33.4 Å². The number of hydrogen-bond acceptors (Lipinski definition) is 9. The minimum absolute atomic E-state index is 0.00194. The lowest BCUT2D eigenvalue weighted by atomic mass is 9.84. The molecule has 3 aromatic carbocycles. The first kappa shape index (κ1) is 28.4. The quantitative estimate of drug-likeness (QED) is 0.221. The average molecular weight is 586 g/mol. The van der Waals surface area contributed by atoms with Crippen molar-refractivity contribution in [3.05, 3.63) is 93.8 Å². The van der Waals surface area contributed by atoms with E-state index in [1.165, 1.54) is 7.11 Å². The number of rotatable bonds is 6. The molecule has 2 saturated heterocycles. The second kappa shape index (κ2) is 10.9. The largest absolute Gasteiger partial charge is 0.509 e. The molecule has 0 spiro atoms. The van der Waals surface area contributed by atoms with Gasteiger partial charge in [-0.15, -0.1) is 0 Å². The van der Waals surface area contributed by atoms with E-state index in [1.807, 2.05) is 50.2 Å². The Bertz CT molecular complexity index is 1780. The molecule has 6 rings (SSSR count). The molecule has 1 N–H and O–H groups in total. The molecule has 0 aliphatic carbocycles. The van der Waals surface area contributed by atoms with E-state index in [9.17, 15) is 14.4 Å². The second-order valence-electron chi connectivity index (χ2n) is 11.1. The molecule has 4 atom stereocenters. The van der Waals surface area contributed by atoms with E-state index < -0.39 is 47.7 Å². The lowest BCUT2D eigenvalue weighted by molar-refractivity contribution is -0.237. The van der Waals surface area contributed by atoms with E-state index >= 15 is 0 Å². The van der Waals surface area contributed by atoms with Gasteiger partial charge >= 0.3 is 11.8 Å². The van der Waals surface area contributed by atoms with E-state index in [2.05, 4.69) is 5.32 Å². The Kier molecular flexibility index (Phi) is 7.19. The predicted octanol–water partition coefficient (Wildman–Crippen LogP) is 5.80. The van der Waals surface area contributed by atoms with Crippen molar-refractivity contribution in [3.63, 3.8) is 0 Å². The van der Waals surface area contributed by atoms with E-state index in [0.717, 1.165) is 11.1 Å². The smallest absolute Gasteiger partial charge is 0.496 e. The standard InChI is InChI=1S/C33H31NO9/c1-17-21(26-27-28(42-32(37)41-27)29(39-5)33(2,3)43-26)13-11-19-16-23(31(36)40-25(17)19)34-30(35)20-12-14-24(38-4)22(15-20)18-9-7-6-8-10-18/h6-16,26-29H,1-5H3,(H,34,35)/t26-,27-,28-,29+/m0/s1. The number of benzene rings is 3. The summed E-state index contributed by atoms with van der Waals surface area (Å²) in [5.74, 6) is 0.145. The van der Waals surface area contributed by atoms with Gasteiger partial charge in [-0.05, 0) is 61.7 Å². The fraction of sp³-hybridized carbons (Fsp3) is 0.303. The van der Waals surface area contributed by atoms with Gasteiger partial charge in [0.15, 0.2) is 12.2 Å². The van der Waals surface area contributed by atoms with E-state index in [1.54, 1.807) is 44.4 Å². The monoisotopic (exact) mass is 585 g/mol. The number of carbonyl (C=O) groups is 2. The molecule has 4 aromatic rings. The van der Waals surface area contributed by atoms with Crippen LogP contribution in [0.2, 0.25) is 0 Å². The summed E-state index contributed by atoms with van der Waals surface area (Å²) in [5, 5.41) is 3.29. The third kappa shape index (κ3) is 5.02. The van der Waals surface area contributed by atoms with Crippen LogP contribution in [-0.4, -0.2) is 50.2 Å². The van der Waals surface area contributed by atoms with Gasteiger partial charge in [-0.3, -0.25) is 4.79 Å². The number of amides is 1. The van der Waals surface area contributed by atoms with Crippen LogP contribution in [0.3, 0.4) is 0 Å². The van der Waals surface area contributed by atoms with Gasteiger partial charge in [0.2, 0.25) is 0 Å². The first-order chi connectivity index (χ1) is 20.6. The summed E-state index contributed by atoms with van der Waals surface area (Å²) in [6.07, 6.45) is -3.45. The molecule has 3 heterocycles. The Labute approximate surface area is 247 Å². The number of aryl methyl sites for hydroxylation is 1. The molecule has 0 unspecified atom stereocenters. The van der Waals surface area contributed by atoms with Crippen molar-refractivity contribution in [1.29, 1.82) is 0 Å². The Morgan fingerprint density at radius 3 is 2.40 bits per heavy atom. The van der Waals surface area contributed by atoms with Crippen molar-refractivity contribution in [2.45, 2.75) is 50.8 Å². The average Bonchev–Trinajstić information content (AvgIpc) is 3.38. The molecule has 0 bridgehead atoms. The predicted molar refractivity (Wildman–Crippen MR) is 157 cm³/mol. The maximum absolute atomic E-state index is 13.2. The highest BCUT2D eigenvalue weighted by molar-refractivity contribution is 6.05. The van der Waals surface area contributed by atoms with Crippen LogP contribution in [-0.2, 0) is 18.9 Å². The van der Waals surface area contributed by atoms with Gasteiger partial charge in [0, 0.05) is 23.6 Å². The number of fused-ring (bicyclic) bond motifs is 2. The van der Waals surface area contributed by atoms with Gasteiger partial charge in [-0.25, -0.2) is 9.59 Å². The third-order valence-corrected chi connectivity index (χ3v) is 8.05. The molecule has 43 heavy (non-hydrogen) atoms. The lowest BCUT2D eigenvalue weighted by Crippen LogP contribution is -2.58. The number of methoxy groups -OCH3 is 2. The SMILES string of the molecule is COc1ccc(C(=O)Nc2cc3ccc([C@@H]4OC(C)(C)[C@H](OC)[C@H]5OC(=O)O[C@H]54)c(C)c3oc2=O)cc1-c1ccccc1. The zero-order valence-corrected chi connectivity index (χ0v) is 24.3. The molecule has 2 aliphatic heterocycles. The molecule has 0 saturated carbocycles. The van der Waals surface area contributed by atoms with Crippen LogP contribution in [0.4, 0.5) is 10.5 Å². The van der Waals surface area contributed by atoms with Crippen LogP contribution in [0, 0.1) is 6.92 Å². The summed E-state index contributed by atoms with van der Waals surface area (Å²) >= 11 is 0. The van der Waals surface area contributed by atoms with Crippen LogP contribution in [0.5, 0.6) is 5.75 Å². The molecule has 222 valence electrons. The lowest BCUT2D eigenvalue weighted by Gasteiger charge is -2.46. The normalized spacial score (nSPS) is 22.4. The molecule has 10 nitrogen and oxygen atoms in total. The third-order valence-electron chi connectivity index (χ3n) is 8.05. The highest BCUT2D eigenvalue weighted by Gasteiger charge is 2.58. The topological polar surface area (TPSA) is 123 Å². The van der Waals surface area contributed by atoms with E-state index in [-0.39, 0.29) is 5.69 Å². The van der Waals surface area contributed by atoms with Gasteiger partial charge in [-0.2, -0.15) is 0 Å². The highest BCUT2D eigenvalue weighted by atomic mass is 16.8. The van der Waals surface area contributed by atoms with Gasteiger partial charge in [-0.1, -0.05) is 42.5 Å². The van der Waals surface area contributed by atoms with Crippen LogP contribution < -0.4 is 15.7 Å². The van der Waals surface area contributed by atoms with Crippen LogP contribution in [0.1, 0.15) is 41.4 Å². The van der Waals surface area contributed by atoms with Crippen LogP contribution in [0.25, 0.3) is 22.1 Å². The summed E-state index contributed by atoms with van der Waals surface area (Å²) in [5.41, 5.74) is 2.09. The van der Waals surface area contributed by atoms with Crippen LogP contribution in [0.15, 0.2) is 75.9 Å². The zero-order chi connectivity index (χ0) is 30.5. The maximum Gasteiger partial charge on any atom is 0.509 e. The summed E-state index contributed by atoms with van der Waals surface area (Å²) in [6, 6.07) is 19.8. The number of hydrogen-bond donors (Lipinski definition) is 1. The fourth-order valence-electron chi connectivity index (χ4n) is 5.99. The van der Waals surface area contributed by atoms with Crippen molar-refractivity contribution in [2.75, 3.05) is 19.5 Å². The van der Waals surface area contributed by atoms with Crippen molar-refractivity contribution >= 4 is 28.7 Å². The van der Waals surface area contributed by atoms with Crippen molar-refractivity contribution < 1.29 is 37.7 Å². The summed E-state index contributed by atoms with van der Waals surface area (Å²) in [7, 11) is 3.10. The first-order valence-electron chi connectivity index (χ1n) is 13.8. The number of nitrogens with one attached hydrogen (secondary N) is 1.